The van der Waals surface area contributed by atoms with Crippen LogP contribution >= 0.6 is 0 Å². The number of rotatable bonds is 15. The van der Waals surface area contributed by atoms with Gasteiger partial charge in [0.1, 0.15) is 0 Å². The fourth-order valence-corrected chi connectivity index (χ4v) is 8.33. The predicted octanol–water partition coefficient (Wildman–Crippen LogP) is 5.63. The topological polar surface area (TPSA) is 148 Å². The van der Waals surface area contributed by atoms with Crippen molar-refractivity contribution in [2.45, 2.75) is 104 Å². The van der Waals surface area contributed by atoms with Gasteiger partial charge in [0, 0.05) is 29.7 Å². The SMILES string of the molecule is CCCCc1ccc(C(=O)C[C@@H](CNC(=O)c2ccc(-c3nn[nH]n3)cc2)C(=O)N[C@@H](CC(C)C)B2O[C@@H]3C[C@H]4C[C@H](C4(C)C)[C@]3(C)O2)cc1. The number of carbonyl (C=O) groups excluding carboxylic acids is 3. The largest absolute Gasteiger partial charge is 0.481 e. The van der Waals surface area contributed by atoms with E-state index in [1.165, 1.54) is 5.56 Å². The van der Waals surface area contributed by atoms with Gasteiger partial charge >= 0.3 is 7.12 Å². The van der Waals surface area contributed by atoms with E-state index in [0.29, 0.717) is 40.8 Å². The van der Waals surface area contributed by atoms with Crippen LogP contribution in [0.4, 0.5) is 0 Å². The first-order valence-electron chi connectivity index (χ1n) is 18.3. The highest BCUT2D eigenvalue weighted by Crippen LogP contribution is 2.65. The summed E-state index contributed by atoms with van der Waals surface area (Å²) in [5.41, 5.74) is 2.64. The van der Waals surface area contributed by atoms with Crippen LogP contribution in [0.25, 0.3) is 11.4 Å². The molecule has 3 N–H and O–H groups in total. The second-order valence-electron chi connectivity index (χ2n) is 15.7. The number of hydrogen-bond donors (Lipinski definition) is 3. The summed E-state index contributed by atoms with van der Waals surface area (Å²) in [5, 5.41) is 20.1. The second-order valence-corrected chi connectivity index (χ2v) is 15.7. The summed E-state index contributed by atoms with van der Waals surface area (Å²) < 4.78 is 13.4. The van der Waals surface area contributed by atoms with Gasteiger partial charge in [-0.05, 0) is 85.1 Å². The fraction of sp³-hybridized carbons (Fsp3) is 0.579. The number of nitrogens with one attached hydrogen (secondary N) is 3. The summed E-state index contributed by atoms with van der Waals surface area (Å²) in [5.74, 6) is -0.349. The predicted molar refractivity (Wildman–Crippen MR) is 191 cm³/mol. The molecule has 50 heavy (non-hydrogen) atoms. The summed E-state index contributed by atoms with van der Waals surface area (Å²) in [6.07, 6.45) is 5.81. The number of amides is 2. The Balaban J connectivity index is 1.17. The van der Waals surface area contributed by atoms with Crippen molar-refractivity contribution in [2.24, 2.45) is 29.1 Å². The number of unbranched alkanes of at least 4 members (excludes halogenated alkanes) is 1. The lowest BCUT2D eigenvalue weighted by atomic mass is 9.43. The van der Waals surface area contributed by atoms with Gasteiger partial charge < -0.3 is 19.9 Å². The Morgan fingerprint density at radius 3 is 2.38 bits per heavy atom. The number of nitrogens with zero attached hydrogens (tertiary/aromatic N) is 3. The minimum Gasteiger partial charge on any atom is -0.404 e. The van der Waals surface area contributed by atoms with E-state index < -0.39 is 24.6 Å². The first-order chi connectivity index (χ1) is 23.9. The molecule has 11 nitrogen and oxygen atoms in total. The Morgan fingerprint density at radius 2 is 1.74 bits per heavy atom. The third-order valence-electron chi connectivity index (χ3n) is 11.5. The van der Waals surface area contributed by atoms with Crippen LogP contribution in [-0.4, -0.2) is 69.5 Å². The molecule has 2 aromatic carbocycles. The maximum atomic E-state index is 14.2. The molecule has 1 saturated heterocycles. The summed E-state index contributed by atoms with van der Waals surface area (Å²) in [4.78, 5) is 41.1. The number of tetrazole rings is 1. The van der Waals surface area contributed by atoms with E-state index >= 15 is 0 Å². The molecule has 2 bridgehead atoms. The van der Waals surface area contributed by atoms with E-state index in [2.05, 4.69) is 72.8 Å². The van der Waals surface area contributed by atoms with E-state index in [1.807, 2.05) is 24.3 Å². The molecule has 1 aromatic heterocycles. The molecule has 0 unspecified atom stereocenters. The third-order valence-corrected chi connectivity index (χ3v) is 11.5. The molecule has 3 aromatic rings. The molecule has 3 saturated carbocycles. The van der Waals surface area contributed by atoms with Gasteiger partial charge in [-0.15, -0.1) is 10.2 Å². The molecule has 4 fully saturated rings. The van der Waals surface area contributed by atoms with Crippen molar-refractivity contribution >= 4 is 24.7 Å². The Bertz CT molecular complexity index is 1650. The molecule has 3 aliphatic carbocycles. The first-order valence-corrected chi connectivity index (χ1v) is 18.3. The smallest absolute Gasteiger partial charge is 0.404 e. The Labute approximate surface area is 295 Å². The lowest BCUT2D eigenvalue weighted by molar-refractivity contribution is -0.199. The maximum Gasteiger partial charge on any atom is 0.481 e. The van der Waals surface area contributed by atoms with Crippen molar-refractivity contribution in [1.82, 2.24) is 31.3 Å². The van der Waals surface area contributed by atoms with E-state index in [9.17, 15) is 14.4 Å². The highest BCUT2D eigenvalue weighted by atomic mass is 16.7. The van der Waals surface area contributed by atoms with Gasteiger partial charge in [-0.3, -0.25) is 14.4 Å². The zero-order chi connectivity index (χ0) is 35.6. The third kappa shape index (κ3) is 7.42. The summed E-state index contributed by atoms with van der Waals surface area (Å²) in [6.45, 7) is 13.2. The molecule has 266 valence electrons. The van der Waals surface area contributed by atoms with Crippen LogP contribution in [0.5, 0.6) is 0 Å². The van der Waals surface area contributed by atoms with Crippen molar-refractivity contribution in [2.75, 3.05) is 6.54 Å². The highest BCUT2D eigenvalue weighted by Gasteiger charge is 2.68. The number of hydrogen-bond acceptors (Lipinski definition) is 8. The Kier molecular flexibility index (Phi) is 10.6. The lowest BCUT2D eigenvalue weighted by Crippen LogP contribution is -2.65. The average molecular weight is 683 g/mol. The summed E-state index contributed by atoms with van der Waals surface area (Å²) in [6, 6.07) is 14.4. The number of aromatic amines is 1. The van der Waals surface area contributed by atoms with E-state index in [0.717, 1.165) is 32.1 Å². The molecule has 6 atom stereocenters. The van der Waals surface area contributed by atoms with Crippen LogP contribution in [0.2, 0.25) is 0 Å². The number of benzene rings is 2. The van der Waals surface area contributed by atoms with Crippen LogP contribution in [-0.2, 0) is 20.5 Å². The highest BCUT2D eigenvalue weighted by molar-refractivity contribution is 6.47. The minimum absolute atomic E-state index is 0.0146. The fourth-order valence-electron chi connectivity index (χ4n) is 8.33. The zero-order valence-corrected chi connectivity index (χ0v) is 30.2. The van der Waals surface area contributed by atoms with Gasteiger partial charge in [-0.25, -0.2) is 0 Å². The average Bonchev–Trinajstić information content (AvgIpc) is 3.77. The molecule has 12 heteroatoms. The van der Waals surface area contributed by atoms with Crippen molar-refractivity contribution < 1.29 is 23.7 Å². The molecular formula is C38H51BN6O5. The lowest BCUT2D eigenvalue weighted by Gasteiger charge is -2.64. The Morgan fingerprint density at radius 1 is 1.02 bits per heavy atom. The van der Waals surface area contributed by atoms with Crippen molar-refractivity contribution in [3.8, 4) is 11.4 Å². The standard InChI is InChI=1S/C38H51BN6O5/c1-7-8-9-24-10-12-25(13-11-24)30(46)19-28(22-40-35(47)27-16-14-26(15-17-27)34-42-44-45-43-34)36(48)41-33(18-23(2)3)39-49-32-21-29-20-31(37(29,4)5)38(32,6)50-39/h10-17,23,28-29,31-33H,7-9,18-22H2,1-6H3,(H,40,47)(H,41,48)(H,42,43,44,45)/t28-,29+,31+,32+,33-,38-/m0/s1. The monoisotopic (exact) mass is 682 g/mol. The van der Waals surface area contributed by atoms with E-state index in [-0.39, 0.29) is 48.0 Å². The summed E-state index contributed by atoms with van der Waals surface area (Å²) >= 11 is 0. The van der Waals surface area contributed by atoms with Crippen LogP contribution in [0.1, 0.15) is 106 Å². The number of ketones is 1. The molecule has 2 heterocycles. The Hall–Kier alpha value is -3.90. The molecular weight excluding hydrogens is 631 g/mol. The maximum absolute atomic E-state index is 14.2. The first kappa shape index (κ1) is 35.9. The molecule has 0 radical (unpaired) electrons. The number of carbonyl (C=O) groups is 3. The molecule has 0 spiro atoms. The van der Waals surface area contributed by atoms with Gasteiger partial charge in [0.15, 0.2) is 5.78 Å². The van der Waals surface area contributed by atoms with Crippen LogP contribution in [0.15, 0.2) is 48.5 Å². The van der Waals surface area contributed by atoms with Crippen molar-refractivity contribution in [3.63, 3.8) is 0 Å². The van der Waals surface area contributed by atoms with Gasteiger partial charge in [-0.2, -0.15) is 5.21 Å². The van der Waals surface area contributed by atoms with E-state index in [1.54, 1.807) is 24.3 Å². The molecule has 4 aliphatic rings. The molecule has 7 rings (SSSR count). The number of Topliss-reactive ketones (excluding diaryl/α,β-unsaturated/α-hetero) is 1. The van der Waals surface area contributed by atoms with Gasteiger partial charge in [0.05, 0.1) is 23.6 Å². The van der Waals surface area contributed by atoms with Gasteiger partial charge in [0.25, 0.3) is 5.91 Å². The van der Waals surface area contributed by atoms with Crippen LogP contribution in [0.3, 0.4) is 0 Å². The van der Waals surface area contributed by atoms with Crippen LogP contribution < -0.4 is 10.6 Å². The van der Waals surface area contributed by atoms with Gasteiger partial charge in [-0.1, -0.05) is 77.4 Å². The normalized spacial score (nSPS) is 24.6. The number of aryl methyl sites for hydroxylation is 1. The summed E-state index contributed by atoms with van der Waals surface area (Å²) in [7, 11) is -0.592. The second kappa shape index (κ2) is 14.8. The van der Waals surface area contributed by atoms with Crippen molar-refractivity contribution in [3.05, 3.63) is 65.2 Å². The zero-order valence-electron chi connectivity index (χ0n) is 30.2. The minimum atomic E-state index is -0.814. The quantitative estimate of drug-likeness (QED) is 0.138. The van der Waals surface area contributed by atoms with Gasteiger partial charge in [0.2, 0.25) is 11.7 Å². The number of aromatic nitrogens is 4. The van der Waals surface area contributed by atoms with Crippen molar-refractivity contribution in [1.29, 1.82) is 0 Å². The molecule has 2 amide bonds. The number of H-pyrrole nitrogens is 1. The van der Waals surface area contributed by atoms with Crippen LogP contribution in [0, 0.1) is 29.1 Å². The van der Waals surface area contributed by atoms with E-state index in [4.69, 9.17) is 9.31 Å². The molecule has 1 aliphatic heterocycles.